The summed E-state index contributed by atoms with van der Waals surface area (Å²) in [6, 6.07) is 9.69. The lowest BCUT2D eigenvalue weighted by molar-refractivity contribution is 0.0938. The number of carbonyl (C=O) groups excluding carboxylic acids is 1. The van der Waals surface area contributed by atoms with Gasteiger partial charge in [0.15, 0.2) is 0 Å². The minimum atomic E-state index is -3.93. The fourth-order valence-electron chi connectivity index (χ4n) is 2.91. The molecule has 0 radical (unpaired) electrons. The van der Waals surface area contributed by atoms with Crippen molar-refractivity contribution in [1.82, 2.24) is 5.32 Å². The molecule has 2 rings (SSSR count). The molecule has 0 aliphatic carbocycles. The molecule has 0 saturated carbocycles. The van der Waals surface area contributed by atoms with E-state index in [1.165, 1.54) is 18.2 Å². The Morgan fingerprint density at radius 3 is 2.33 bits per heavy atom. The molecule has 7 heteroatoms. The molecule has 0 aliphatic rings. The molecule has 1 atom stereocenters. The first-order chi connectivity index (χ1) is 12.6. The first kappa shape index (κ1) is 21.3. The smallest absolute Gasteiger partial charge is 0.263 e. The van der Waals surface area contributed by atoms with Crippen LogP contribution in [0.15, 0.2) is 41.3 Å². The van der Waals surface area contributed by atoms with Gasteiger partial charge in [-0.1, -0.05) is 31.0 Å². The second-order valence-electron chi connectivity index (χ2n) is 6.79. The zero-order valence-electron chi connectivity index (χ0n) is 16.0. The summed E-state index contributed by atoms with van der Waals surface area (Å²) < 4.78 is 28.2. The number of benzene rings is 2. The average Bonchev–Trinajstić information content (AvgIpc) is 2.53. The first-order valence-electron chi connectivity index (χ1n) is 8.84. The van der Waals surface area contributed by atoms with Gasteiger partial charge >= 0.3 is 0 Å². The van der Waals surface area contributed by atoms with Crippen molar-refractivity contribution in [2.75, 3.05) is 4.72 Å². The van der Waals surface area contributed by atoms with Crippen molar-refractivity contribution in [2.45, 2.75) is 51.5 Å². The molecule has 0 heterocycles. The van der Waals surface area contributed by atoms with E-state index >= 15 is 0 Å². The Morgan fingerprint density at radius 1 is 1.11 bits per heavy atom. The van der Waals surface area contributed by atoms with Crippen LogP contribution in [0.1, 0.15) is 48.2 Å². The van der Waals surface area contributed by atoms with Crippen LogP contribution in [0.2, 0.25) is 5.02 Å². The maximum atomic E-state index is 12.8. The SMILES string of the molecule is CCC[C@@H](C)NC(=O)c1ccc(Cl)c(S(=O)(=O)Nc2cc(C)cc(C)c2)c1. The normalized spacial score (nSPS) is 12.5. The van der Waals surface area contributed by atoms with Gasteiger partial charge in [-0.2, -0.15) is 0 Å². The Hall–Kier alpha value is -2.05. The summed E-state index contributed by atoms with van der Waals surface area (Å²) in [4.78, 5) is 12.3. The molecule has 5 nitrogen and oxygen atoms in total. The summed E-state index contributed by atoms with van der Waals surface area (Å²) >= 11 is 6.12. The molecule has 2 aromatic carbocycles. The van der Waals surface area contributed by atoms with Gasteiger partial charge in [0, 0.05) is 17.3 Å². The van der Waals surface area contributed by atoms with Crippen LogP contribution >= 0.6 is 11.6 Å². The number of rotatable bonds is 7. The molecule has 0 aromatic heterocycles. The summed E-state index contributed by atoms with van der Waals surface area (Å²) in [6.45, 7) is 7.73. The van der Waals surface area contributed by atoms with Gasteiger partial charge in [0.1, 0.15) is 4.90 Å². The number of halogens is 1. The molecule has 0 aliphatic heterocycles. The van der Waals surface area contributed by atoms with E-state index in [1.54, 1.807) is 12.1 Å². The lowest BCUT2D eigenvalue weighted by Crippen LogP contribution is -2.32. The Balaban J connectivity index is 2.32. The van der Waals surface area contributed by atoms with Crippen molar-refractivity contribution in [1.29, 1.82) is 0 Å². The molecule has 0 bridgehead atoms. The fourth-order valence-corrected chi connectivity index (χ4v) is 4.47. The third-order valence-electron chi connectivity index (χ3n) is 4.06. The largest absolute Gasteiger partial charge is 0.350 e. The van der Waals surface area contributed by atoms with Gasteiger partial charge < -0.3 is 5.32 Å². The lowest BCUT2D eigenvalue weighted by Gasteiger charge is -2.15. The molecule has 1 amide bonds. The molecular formula is C20H25ClN2O3S. The van der Waals surface area contributed by atoms with Crippen molar-refractivity contribution < 1.29 is 13.2 Å². The third-order valence-corrected chi connectivity index (χ3v) is 5.92. The van der Waals surface area contributed by atoms with Gasteiger partial charge in [-0.05, 0) is 68.7 Å². The highest BCUT2D eigenvalue weighted by molar-refractivity contribution is 7.92. The summed E-state index contributed by atoms with van der Waals surface area (Å²) in [7, 11) is -3.93. The minimum Gasteiger partial charge on any atom is -0.350 e. The molecule has 2 N–H and O–H groups in total. The highest BCUT2D eigenvalue weighted by Crippen LogP contribution is 2.26. The summed E-state index contributed by atoms with van der Waals surface area (Å²) in [6.07, 6.45) is 1.79. The maximum absolute atomic E-state index is 12.8. The number of amides is 1. The Kier molecular flexibility index (Phi) is 6.89. The number of sulfonamides is 1. The van der Waals surface area contributed by atoms with Gasteiger partial charge in [-0.25, -0.2) is 8.42 Å². The highest BCUT2D eigenvalue weighted by Gasteiger charge is 2.21. The quantitative estimate of drug-likeness (QED) is 0.698. The zero-order chi connectivity index (χ0) is 20.2. The average molecular weight is 409 g/mol. The van der Waals surface area contributed by atoms with Crippen LogP contribution in [0, 0.1) is 13.8 Å². The third kappa shape index (κ3) is 5.71. The molecule has 27 heavy (non-hydrogen) atoms. The van der Waals surface area contributed by atoms with Crippen LogP contribution in [0.25, 0.3) is 0 Å². The Morgan fingerprint density at radius 2 is 1.74 bits per heavy atom. The van der Waals surface area contributed by atoms with Crippen molar-refractivity contribution in [3.8, 4) is 0 Å². The van der Waals surface area contributed by atoms with Crippen LogP contribution in [0.5, 0.6) is 0 Å². The number of hydrogen-bond donors (Lipinski definition) is 2. The zero-order valence-corrected chi connectivity index (χ0v) is 17.5. The van der Waals surface area contributed by atoms with E-state index in [1.807, 2.05) is 33.8 Å². The van der Waals surface area contributed by atoms with E-state index in [4.69, 9.17) is 11.6 Å². The van der Waals surface area contributed by atoms with E-state index in [9.17, 15) is 13.2 Å². The van der Waals surface area contributed by atoms with Crippen LogP contribution in [0.4, 0.5) is 5.69 Å². The number of carbonyl (C=O) groups is 1. The number of hydrogen-bond acceptors (Lipinski definition) is 3. The lowest BCUT2D eigenvalue weighted by atomic mass is 10.1. The summed E-state index contributed by atoms with van der Waals surface area (Å²) in [5.41, 5.74) is 2.59. The minimum absolute atomic E-state index is 0.00614. The maximum Gasteiger partial charge on any atom is 0.263 e. The van der Waals surface area contributed by atoms with Gasteiger partial charge in [-0.3, -0.25) is 9.52 Å². The first-order valence-corrected chi connectivity index (χ1v) is 10.7. The van der Waals surface area contributed by atoms with Gasteiger partial charge in [-0.15, -0.1) is 0 Å². The van der Waals surface area contributed by atoms with Gasteiger partial charge in [0.25, 0.3) is 15.9 Å². The van der Waals surface area contributed by atoms with Gasteiger partial charge in [0.05, 0.1) is 5.02 Å². The molecule has 146 valence electrons. The van der Waals surface area contributed by atoms with E-state index in [2.05, 4.69) is 10.0 Å². The van der Waals surface area contributed by atoms with Crippen LogP contribution in [-0.2, 0) is 10.0 Å². The molecular weight excluding hydrogens is 384 g/mol. The van der Waals surface area contributed by atoms with Crippen LogP contribution in [0.3, 0.4) is 0 Å². The van der Waals surface area contributed by atoms with Gasteiger partial charge in [0.2, 0.25) is 0 Å². The van der Waals surface area contributed by atoms with E-state index < -0.39 is 10.0 Å². The molecule has 0 saturated heterocycles. The van der Waals surface area contributed by atoms with Crippen molar-refractivity contribution >= 4 is 33.2 Å². The number of aryl methyl sites for hydroxylation is 2. The monoisotopic (exact) mass is 408 g/mol. The predicted octanol–water partition coefficient (Wildman–Crippen LogP) is 4.68. The second kappa shape index (κ2) is 8.76. The second-order valence-corrected chi connectivity index (χ2v) is 8.85. The van der Waals surface area contributed by atoms with Crippen LogP contribution in [-0.4, -0.2) is 20.4 Å². The Labute approximate surface area is 166 Å². The standard InChI is InChI=1S/C20H25ClN2O3S/c1-5-6-15(4)22-20(24)16-7-8-18(21)19(12-16)27(25,26)23-17-10-13(2)9-14(3)11-17/h7-12,15,23H,5-6H2,1-4H3,(H,22,24)/t15-/m1/s1. The fraction of sp³-hybridized carbons (Fsp3) is 0.350. The predicted molar refractivity (Wildman–Crippen MR) is 110 cm³/mol. The Bertz CT molecular complexity index is 922. The van der Waals surface area contributed by atoms with E-state index in [0.717, 1.165) is 24.0 Å². The summed E-state index contributed by atoms with van der Waals surface area (Å²) in [5, 5.41) is 2.92. The van der Waals surface area contributed by atoms with Crippen LogP contribution < -0.4 is 10.0 Å². The summed E-state index contributed by atoms with van der Waals surface area (Å²) in [5.74, 6) is -0.324. The molecule has 0 unspecified atom stereocenters. The topological polar surface area (TPSA) is 75.3 Å². The molecule has 0 spiro atoms. The van der Waals surface area contributed by atoms with Crippen molar-refractivity contribution in [3.63, 3.8) is 0 Å². The van der Waals surface area contributed by atoms with Crippen molar-refractivity contribution in [2.24, 2.45) is 0 Å². The molecule has 2 aromatic rings. The van der Waals surface area contributed by atoms with E-state index in [0.29, 0.717) is 5.69 Å². The molecule has 0 fully saturated rings. The van der Waals surface area contributed by atoms with E-state index in [-0.39, 0.29) is 27.4 Å². The van der Waals surface area contributed by atoms with Crippen molar-refractivity contribution in [3.05, 3.63) is 58.1 Å². The number of nitrogens with one attached hydrogen (secondary N) is 2. The number of anilines is 1. The highest BCUT2D eigenvalue weighted by atomic mass is 35.5.